The smallest absolute Gasteiger partial charge is 0.0515 e. The summed E-state index contributed by atoms with van der Waals surface area (Å²) < 4.78 is 0. The van der Waals surface area contributed by atoms with Crippen molar-refractivity contribution in [1.29, 1.82) is 0 Å². The molecular formula is C16H15N. The highest BCUT2D eigenvalue weighted by atomic mass is 14.9. The van der Waals surface area contributed by atoms with Gasteiger partial charge in [-0.05, 0) is 16.7 Å². The molecular weight excluding hydrogens is 206 g/mol. The van der Waals surface area contributed by atoms with Gasteiger partial charge in [-0.3, -0.25) is 0 Å². The van der Waals surface area contributed by atoms with Crippen molar-refractivity contribution >= 4 is 5.57 Å². The molecule has 17 heavy (non-hydrogen) atoms. The van der Waals surface area contributed by atoms with Gasteiger partial charge in [-0.1, -0.05) is 66.7 Å². The summed E-state index contributed by atoms with van der Waals surface area (Å²) in [6, 6.07) is 21.5. The first kappa shape index (κ1) is 10.3. The third-order valence-corrected chi connectivity index (χ3v) is 3.18. The summed E-state index contributed by atoms with van der Waals surface area (Å²) in [5, 5.41) is 3.53. The summed E-state index contributed by atoms with van der Waals surface area (Å²) in [6.07, 6.45) is 2.32. The second-order valence-electron chi connectivity index (χ2n) is 4.33. The Morgan fingerprint density at radius 1 is 0.824 bits per heavy atom. The highest BCUT2D eigenvalue weighted by Crippen LogP contribution is 2.26. The second kappa shape index (κ2) is 4.56. The zero-order valence-electron chi connectivity index (χ0n) is 9.64. The van der Waals surface area contributed by atoms with Gasteiger partial charge in [0.15, 0.2) is 0 Å². The van der Waals surface area contributed by atoms with Crippen LogP contribution in [-0.2, 0) is 0 Å². The molecule has 2 aromatic carbocycles. The maximum absolute atomic E-state index is 3.53. The van der Waals surface area contributed by atoms with Gasteiger partial charge < -0.3 is 5.32 Å². The molecule has 0 bridgehead atoms. The first-order valence-electron chi connectivity index (χ1n) is 5.98. The van der Waals surface area contributed by atoms with Crippen LogP contribution in [0.5, 0.6) is 0 Å². The van der Waals surface area contributed by atoms with Crippen molar-refractivity contribution in [2.45, 2.75) is 6.04 Å². The van der Waals surface area contributed by atoms with Crippen LogP contribution in [0.2, 0.25) is 0 Å². The van der Waals surface area contributed by atoms with E-state index in [1.807, 2.05) is 0 Å². The van der Waals surface area contributed by atoms with E-state index in [2.05, 4.69) is 72.1 Å². The first-order chi connectivity index (χ1) is 8.43. The maximum Gasteiger partial charge on any atom is 0.0515 e. The molecule has 0 fully saturated rings. The standard InChI is InChI=1S/C16H15N/c1-3-7-13(8-4-1)15-11-16(17-12-15)14-9-5-2-6-10-14/h1-11,16-17H,12H2. The molecule has 0 saturated carbocycles. The fourth-order valence-electron chi connectivity index (χ4n) is 2.26. The van der Waals surface area contributed by atoms with Gasteiger partial charge in [0.2, 0.25) is 0 Å². The van der Waals surface area contributed by atoms with E-state index in [1.165, 1.54) is 16.7 Å². The third-order valence-electron chi connectivity index (χ3n) is 3.18. The van der Waals surface area contributed by atoms with E-state index in [9.17, 15) is 0 Å². The maximum atomic E-state index is 3.53. The Kier molecular flexibility index (Phi) is 2.76. The predicted octanol–water partition coefficient (Wildman–Crippen LogP) is 3.41. The van der Waals surface area contributed by atoms with Gasteiger partial charge in [0.25, 0.3) is 0 Å². The second-order valence-corrected chi connectivity index (χ2v) is 4.33. The van der Waals surface area contributed by atoms with Crippen LogP contribution in [0.1, 0.15) is 17.2 Å². The summed E-state index contributed by atoms with van der Waals surface area (Å²) in [5.41, 5.74) is 4.04. The zero-order chi connectivity index (χ0) is 11.5. The van der Waals surface area contributed by atoms with Crippen LogP contribution in [-0.4, -0.2) is 6.54 Å². The largest absolute Gasteiger partial charge is 0.303 e. The predicted molar refractivity (Wildman–Crippen MR) is 71.6 cm³/mol. The lowest BCUT2D eigenvalue weighted by molar-refractivity contribution is 0.715. The summed E-state index contributed by atoms with van der Waals surface area (Å²) in [6.45, 7) is 0.948. The molecule has 1 unspecified atom stereocenters. The van der Waals surface area contributed by atoms with Crippen molar-refractivity contribution in [2.24, 2.45) is 0 Å². The monoisotopic (exact) mass is 221 g/mol. The molecule has 1 aliphatic heterocycles. The first-order valence-corrected chi connectivity index (χ1v) is 5.98. The highest BCUT2D eigenvalue weighted by Gasteiger charge is 2.16. The van der Waals surface area contributed by atoms with Crippen molar-refractivity contribution in [3.05, 3.63) is 77.9 Å². The Morgan fingerprint density at radius 3 is 2.18 bits per heavy atom. The summed E-state index contributed by atoms with van der Waals surface area (Å²) in [4.78, 5) is 0. The lowest BCUT2D eigenvalue weighted by atomic mass is 10.0. The number of benzene rings is 2. The van der Waals surface area contributed by atoms with Gasteiger partial charge in [-0.15, -0.1) is 0 Å². The normalized spacial score (nSPS) is 19.1. The van der Waals surface area contributed by atoms with Crippen LogP contribution in [0.15, 0.2) is 66.7 Å². The Morgan fingerprint density at radius 2 is 1.47 bits per heavy atom. The SMILES string of the molecule is C1=C(c2ccccc2)CNC1c1ccccc1. The molecule has 1 atom stereocenters. The molecule has 84 valence electrons. The van der Waals surface area contributed by atoms with Gasteiger partial charge in [-0.25, -0.2) is 0 Å². The Hall–Kier alpha value is -1.86. The molecule has 0 aliphatic carbocycles. The fraction of sp³-hybridized carbons (Fsp3) is 0.125. The van der Waals surface area contributed by atoms with Gasteiger partial charge in [0.05, 0.1) is 6.04 Å². The van der Waals surface area contributed by atoms with E-state index in [-0.39, 0.29) is 0 Å². The summed E-state index contributed by atoms with van der Waals surface area (Å²) in [7, 11) is 0. The van der Waals surface area contributed by atoms with Crippen molar-refractivity contribution < 1.29 is 0 Å². The number of hydrogen-bond acceptors (Lipinski definition) is 1. The van der Waals surface area contributed by atoms with Crippen molar-refractivity contribution in [3.63, 3.8) is 0 Å². The van der Waals surface area contributed by atoms with Crippen LogP contribution in [0, 0.1) is 0 Å². The average Bonchev–Trinajstić information content (AvgIpc) is 2.90. The van der Waals surface area contributed by atoms with Crippen LogP contribution < -0.4 is 5.32 Å². The molecule has 0 aromatic heterocycles. The zero-order valence-corrected chi connectivity index (χ0v) is 9.64. The van der Waals surface area contributed by atoms with E-state index in [4.69, 9.17) is 0 Å². The van der Waals surface area contributed by atoms with E-state index >= 15 is 0 Å². The lowest BCUT2D eigenvalue weighted by Gasteiger charge is -2.07. The topological polar surface area (TPSA) is 12.0 Å². The third kappa shape index (κ3) is 2.15. The molecule has 1 heterocycles. The molecule has 1 aliphatic rings. The molecule has 0 amide bonds. The van der Waals surface area contributed by atoms with Gasteiger partial charge >= 0.3 is 0 Å². The van der Waals surface area contributed by atoms with Crippen LogP contribution in [0.4, 0.5) is 0 Å². The van der Waals surface area contributed by atoms with Crippen LogP contribution in [0.25, 0.3) is 5.57 Å². The minimum Gasteiger partial charge on any atom is -0.303 e. The van der Waals surface area contributed by atoms with E-state index in [1.54, 1.807) is 0 Å². The Bertz CT molecular complexity index is 514. The van der Waals surface area contributed by atoms with Gasteiger partial charge in [0.1, 0.15) is 0 Å². The van der Waals surface area contributed by atoms with E-state index in [0.717, 1.165) is 6.54 Å². The Balaban J connectivity index is 1.87. The molecule has 1 nitrogen and oxygen atoms in total. The van der Waals surface area contributed by atoms with Crippen LogP contribution in [0.3, 0.4) is 0 Å². The quantitative estimate of drug-likeness (QED) is 0.819. The molecule has 2 aromatic rings. The highest BCUT2D eigenvalue weighted by molar-refractivity contribution is 5.70. The minimum atomic E-state index is 0.353. The molecule has 3 rings (SSSR count). The minimum absolute atomic E-state index is 0.353. The molecule has 0 saturated heterocycles. The van der Waals surface area contributed by atoms with Crippen molar-refractivity contribution in [3.8, 4) is 0 Å². The summed E-state index contributed by atoms with van der Waals surface area (Å²) >= 11 is 0. The lowest BCUT2D eigenvalue weighted by Crippen LogP contribution is -2.14. The number of rotatable bonds is 2. The molecule has 0 radical (unpaired) electrons. The van der Waals surface area contributed by atoms with Crippen LogP contribution >= 0.6 is 0 Å². The van der Waals surface area contributed by atoms with Gasteiger partial charge in [-0.2, -0.15) is 0 Å². The fourth-order valence-corrected chi connectivity index (χ4v) is 2.26. The number of nitrogens with one attached hydrogen (secondary N) is 1. The van der Waals surface area contributed by atoms with E-state index < -0.39 is 0 Å². The average molecular weight is 221 g/mol. The number of hydrogen-bond donors (Lipinski definition) is 1. The molecule has 1 N–H and O–H groups in total. The Labute approximate surface area is 102 Å². The van der Waals surface area contributed by atoms with E-state index in [0.29, 0.717) is 6.04 Å². The summed E-state index contributed by atoms with van der Waals surface area (Å²) in [5.74, 6) is 0. The molecule has 0 spiro atoms. The van der Waals surface area contributed by atoms with Crippen molar-refractivity contribution in [2.75, 3.05) is 6.54 Å². The molecule has 1 heteroatoms. The van der Waals surface area contributed by atoms with Gasteiger partial charge in [0, 0.05) is 6.54 Å². The van der Waals surface area contributed by atoms with Crippen molar-refractivity contribution in [1.82, 2.24) is 5.32 Å².